The van der Waals surface area contributed by atoms with Gasteiger partial charge in [0.25, 0.3) is 0 Å². The van der Waals surface area contributed by atoms with Gasteiger partial charge < -0.3 is 5.11 Å². The van der Waals surface area contributed by atoms with Crippen molar-refractivity contribution in [3.05, 3.63) is 56.5 Å². The first-order valence-corrected chi connectivity index (χ1v) is 7.58. The molecule has 0 fully saturated rings. The van der Waals surface area contributed by atoms with Gasteiger partial charge in [-0.05, 0) is 35.9 Å². The van der Waals surface area contributed by atoms with E-state index >= 15 is 0 Å². The number of phenolic OH excluding ortho intramolecular Hbond substituents is 1. The van der Waals surface area contributed by atoms with Gasteiger partial charge in [-0.25, -0.2) is 4.98 Å². The maximum atomic E-state index is 12.3. The predicted octanol–water partition coefficient (Wildman–Crippen LogP) is 3.69. The van der Waals surface area contributed by atoms with E-state index in [1.165, 1.54) is 23.9 Å². The molecule has 1 aromatic heterocycles. The van der Waals surface area contributed by atoms with Crippen LogP contribution in [-0.4, -0.2) is 22.2 Å². The highest BCUT2D eigenvalue weighted by Gasteiger charge is 2.26. The second-order valence-electron chi connectivity index (χ2n) is 4.35. The van der Waals surface area contributed by atoms with Crippen molar-refractivity contribution in [1.29, 1.82) is 0 Å². The van der Waals surface area contributed by atoms with E-state index in [0.717, 1.165) is 0 Å². The molecule has 1 aliphatic heterocycles. The van der Waals surface area contributed by atoms with Gasteiger partial charge in [0.1, 0.15) is 10.8 Å². The van der Waals surface area contributed by atoms with Crippen LogP contribution in [0.2, 0.25) is 0 Å². The molecule has 1 N–H and O–H groups in total. The van der Waals surface area contributed by atoms with Crippen molar-refractivity contribution >= 4 is 45.8 Å². The van der Waals surface area contributed by atoms with Crippen molar-refractivity contribution in [1.82, 2.24) is 4.98 Å². The number of carbonyl (C=O) groups excluding carboxylic acids is 2. The number of benzene rings is 1. The Labute approximate surface area is 133 Å². The largest absolute Gasteiger partial charge is 0.507 e. The van der Waals surface area contributed by atoms with Gasteiger partial charge in [0.2, 0.25) is 5.78 Å². The predicted molar refractivity (Wildman–Crippen MR) is 83.6 cm³/mol. The fourth-order valence-electron chi connectivity index (χ4n) is 1.97. The number of thioether (sulfide) groups is 1. The average Bonchev–Trinajstić information content (AvgIpc) is 2.79. The van der Waals surface area contributed by atoms with E-state index < -0.39 is 0 Å². The first kappa shape index (κ1) is 14.0. The summed E-state index contributed by atoms with van der Waals surface area (Å²) in [6, 6.07) is 6.43. The molecule has 0 spiro atoms. The zero-order valence-corrected chi connectivity index (χ0v) is 12.9. The summed E-state index contributed by atoms with van der Waals surface area (Å²) in [5, 5.41) is 10.3. The summed E-state index contributed by atoms with van der Waals surface area (Å²) >= 11 is 4.61. The summed E-state index contributed by atoms with van der Waals surface area (Å²) in [4.78, 5) is 27.9. The van der Waals surface area contributed by atoms with E-state index in [1.54, 1.807) is 24.4 Å². The minimum atomic E-state index is -0.102. The number of ketones is 1. The second-order valence-corrected chi connectivity index (χ2v) is 6.23. The van der Waals surface area contributed by atoms with Gasteiger partial charge in [0, 0.05) is 10.7 Å². The first-order chi connectivity index (χ1) is 10.1. The van der Waals surface area contributed by atoms with Crippen LogP contribution in [0.1, 0.15) is 26.3 Å². The molecule has 2 heterocycles. The Balaban J connectivity index is 2.05. The van der Waals surface area contributed by atoms with Crippen molar-refractivity contribution in [2.24, 2.45) is 0 Å². The highest BCUT2D eigenvalue weighted by Crippen LogP contribution is 2.40. The maximum absolute atomic E-state index is 12.3. The van der Waals surface area contributed by atoms with Crippen LogP contribution in [0.25, 0.3) is 6.08 Å². The Morgan fingerprint density at radius 1 is 1.29 bits per heavy atom. The zero-order valence-electron chi connectivity index (χ0n) is 10.5. The van der Waals surface area contributed by atoms with Crippen molar-refractivity contribution in [2.75, 3.05) is 0 Å². The monoisotopic (exact) mass is 361 g/mol. The van der Waals surface area contributed by atoms with E-state index in [0.29, 0.717) is 31.8 Å². The Morgan fingerprint density at radius 3 is 2.81 bits per heavy atom. The number of hydrogen-bond acceptors (Lipinski definition) is 5. The SMILES string of the molecule is O=Cc1cc(/C=C2\Sc3ncccc3C2=O)c(Br)cc1O. The molecular formula is C15H8BrNO3S. The number of fused-ring (bicyclic) bond motifs is 1. The zero-order chi connectivity index (χ0) is 15.0. The quantitative estimate of drug-likeness (QED) is 0.652. The number of phenols is 1. The summed E-state index contributed by atoms with van der Waals surface area (Å²) < 4.78 is 0.607. The van der Waals surface area contributed by atoms with Crippen LogP contribution in [0, 0.1) is 0 Å². The third-order valence-electron chi connectivity index (χ3n) is 3.01. The van der Waals surface area contributed by atoms with Gasteiger partial charge in [0.15, 0.2) is 6.29 Å². The standard InChI is InChI=1S/C15H8BrNO3S/c16-11-6-12(19)9(7-18)4-8(11)5-13-14(20)10-2-1-3-17-15(10)21-13/h1-7,19H/b13-5-. The molecule has 0 atom stereocenters. The normalized spacial score (nSPS) is 15.3. The lowest BCUT2D eigenvalue weighted by Crippen LogP contribution is -1.94. The lowest BCUT2D eigenvalue weighted by Gasteiger charge is -2.04. The number of allylic oxidation sites excluding steroid dienone is 1. The number of carbonyl (C=O) groups is 2. The summed E-state index contributed by atoms with van der Waals surface area (Å²) in [5.41, 5.74) is 1.41. The number of aldehydes is 1. The van der Waals surface area contributed by atoms with Crippen molar-refractivity contribution in [3.63, 3.8) is 0 Å². The van der Waals surface area contributed by atoms with E-state index in [4.69, 9.17) is 0 Å². The van der Waals surface area contributed by atoms with Gasteiger partial charge in [0.05, 0.1) is 16.0 Å². The molecule has 0 saturated heterocycles. The molecule has 0 aliphatic carbocycles. The number of hydrogen-bond donors (Lipinski definition) is 1. The smallest absolute Gasteiger partial charge is 0.202 e. The Kier molecular flexibility index (Phi) is 3.65. The summed E-state index contributed by atoms with van der Waals surface area (Å²) in [7, 11) is 0. The van der Waals surface area contributed by atoms with E-state index in [9.17, 15) is 14.7 Å². The molecule has 1 aliphatic rings. The number of aromatic hydroxyl groups is 1. The number of rotatable bonds is 2. The fraction of sp³-hybridized carbons (Fsp3) is 0. The van der Waals surface area contributed by atoms with Crippen molar-refractivity contribution in [2.45, 2.75) is 5.03 Å². The second kappa shape index (κ2) is 5.46. The third kappa shape index (κ3) is 2.52. The van der Waals surface area contributed by atoms with Gasteiger partial charge in [-0.1, -0.05) is 27.7 Å². The molecule has 0 radical (unpaired) electrons. The molecule has 3 rings (SSSR count). The van der Waals surface area contributed by atoms with Crippen molar-refractivity contribution < 1.29 is 14.7 Å². The molecule has 21 heavy (non-hydrogen) atoms. The number of pyridine rings is 1. The van der Waals surface area contributed by atoms with Crippen LogP contribution in [0.15, 0.2) is 44.9 Å². The molecule has 2 aromatic rings. The molecule has 104 valence electrons. The minimum Gasteiger partial charge on any atom is -0.507 e. The van der Waals surface area contributed by atoms with Gasteiger partial charge in [-0.3, -0.25) is 9.59 Å². The van der Waals surface area contributed by atoms with Gasteiger partial charge in [-0.15, -0.1) is 0 Å². The average molecular weight is 362 g/mol. The summed E-state index contributed by atoms with van der Waals surface area (Å²) in [5.74, 6) is -0.190. The molecule has 6 heteroatoms. The lowest BCUT2D eigenvalue weighted by molar-refractivity contribution is 0.104. The molecule has 0 amide bonds. The van der Waals surface area contributed by atoms with Crippen LogP contribution in [0.5, 0.6) is 5.75 Å². The Bertz CT molecular complexity index is 802. The number of Topliss-reactive ketones (excluding diaryl/α,β-unsaturated/α-hetero) is 1. The number of halogens is 1. The summed E-state index contributed by atoms with van der Waals surface area (Å²) in [6.45, 7) is 0. The first-order valence-electron chi connectivity index (χ1n) is 5.97. The maximum Gasteiger partial charge on any atom is 0.202 e. The van der Waals surface area contributed by atoms with Crippen LogP contribution < -0.4 is 0 Å². The molecule has 0 unspecified atom stereocenters. The van der Waals surface area contributed by atoms with E-state index in [2.05, 4.69) is 20.9 Å². The van der Waals surface area contributed by atoms with Gasteiger partial charge >= 0.3 is 0 Å². The van der Waals surface area contributed by atoms with Crippen LogP contribution in [0.3, 0.4) is 0 Å². The number of aromatic nitrogens is 1. The van der Waals surface area contributed by atoms with E-state index in [-0.39, 0.29) is 17.1 Å². The highest BCUT2D eigenvalue weighted by molar-refractivity contribution is 9.10. The van der Waals surface area contributed by atoms with E-state index in [1.807, 2.05) is 0 Å². The summed E-state index contributed by atoms with van der Waals surface area (Å²) in [6.07, 6.45) is 3.90. The fourth-order valence-corrected chi connectivity index (χ4v) is 3.39. The molecule has 1 aromatic carbocycles. The van der Waals surface area contributed by atoms with Crippen LogP contribution in [-0.2, 0) is 0 Å². The van der Waals surface area contributed by atoms with Gasteiger partial charge in [-0.2, -0.15) is 0 Å². The Morgan fingerprint density at radius 2 is 2.10 bits per heavy atom. The van der Waals surface area contributed by atoms with Crippen LogP contribution >= 0.6 is 27.7 Å². The van der Waals surface area contributed by atoms with Crippen LogP contribution in [0.4, 0.5) is 0 Å². The van der Waals surface area contributed by atoms with Crippen molar-refractivity contribution in [3.8, 4) is 5.75 Å². The number of nitrogens with zero attached hydrogens (tertiary/aromatic N) is 1. The highest BCUT2D eigenvalue weighted by atomic mass is 79.9. The molecule has 0 bridgehead atoms. The lowest BCUT2D eigenvalue weighted by atomic mass is 10.1. The topological polar surface area (TPSA) is 67.3 Å². The Hall–Kier alpha value is -1.92. The molecular weight excluding hydrogens is 354 g/mol. The molecule has 0 saturated carbocycles. The minimum absolute atomic E-state index is 0.0873. The third-order valence-corrected chi connectivity index (χ3v) is 4.73. The molecule has 4 nitrogen and oxygen atoms in total.